The Morgan fingerprint density at radius 2 is 2.28 bits per heavy atom. The third-order valence-corrected chi connectivity index (χ3v) is 3.39. The summed E-state index contributed by atoms with van der Waals surface area (Å²) in [5.74, 6) is 0.855. The molecule has 0 radical (unpaired) electrons. The van der Waals surface area contributed by atoms with Crippen LogP contribution >= 0.6 is 11.8 Å². The van der Waals surface area contributed by atoms with Crippen molar-refractivity contribution in [1.82, 2.24) is 5.32 Å². The molecule has 0 aromatic heterocycles. The van der Waals surface area contributed by atoms with E-state index in [-0.39, 0.29) is 18.6 Å². The molecule has 0 aliphatic carbocycles. The van der Waals surface area contributed by atoms with Gasteiger partial charge in [0.2, 0.25) is 5.91 Å². The summed E-state index contributed by atoms with van der Waals surface area (Å²) in [5, 5.41) is 11.9. The van der Waals surface area contributed by atoms with Crippen molar-refractivity contribution in [2.45, 2.75) is 25.8 Å². The van der Waals surface area contributed by atoms with Gasteiger partial charge in [-0.2, -0.15) is 11.8 Å². The zero-order valence-corrected chi connectivity index (χ0v) is 11.8. The van der Waals surface area contributed by atoms with E-state index in [1.54, 1.807) is 11.8 Å². The first-order valence-corrected chi connectivity index (χ1v) is 7.49. The Hall–Kier alpha value is -1.00. The second kappa shape index (κ2) is 8.16. The van der Waals surface area contributed by atoms with Crippen LogP contribution in [0, 0.1) is 6.92 Å². The maximum absolute atomic E-state index is 11.9. The van der Waals surface area contributed by atoms with Gasteiger partial charge in [-0.3, -0.25) is 4.79 Å². The molecule has 3 nitrogen and oxygen atoms in total. The van der Waals surface area contributed by atoms with Crippen LogP contribution in [0.4, 0.5) is 0 Å². The number of thioether (sulfide) groups is 1. The number of carbonyl (C=O) groups excluding carboxylic acids is 1. The van der Waals surface area contributed by atoms with E-state index in [1.807, 2.05) is 37.4 Å². The highest BCUT2D eigenvalue weighted by atomic mass is 32.2. The molecule has 0 aliphatic rings. The van der Waals surface area contributed by atoms with Crippen LogP contribution in [0.1, 0.15) is 17.5 Å². The van der Waals surface area contributed by atoms with Crippen molar-refractivity contribution in [3.8, 4) is 0 Å². The van der Waals surface area contributed by atoms with Crippen LogP contribution in [0.15, 0.2) is 24.3 Å². The average Bonchev–Trinajstić information content (AvgIpc) is 2.29. The van der Waals surface area contributed by atoms with Crippen molar-refractivity contribution >= 4 is 17.7 Å². The zero-order chi connectivity index (χ0) is 13.4. The number of benzene rings is 1. The summed E-state index contributed by atoms with van der Waals surface area (Å²) in [5.41, 5.74) is 2.19. The Labute approximate surface area is 113 Å². The van der Waals surface area contributed by atoms with Crippen LogP contribution in [-0.4, -0.2) is 35.7 Å². The van der Waals surface area contributed by atoms with Crippen molar-refractivity contribution < 1.29 is 9.90 Å². The summed E-state index contributed by atoms with van der Waals surface area (Å²) in [6, 6.07) is 8.02. The van der Waals surface area contributed by atoms with Crippen LogP contribution in [-0.2, 0) is 11.2 Å². The molecule has 100 valence electrons. The number of nitrogens with one attached hydrogen (secondary N) is 1. The number of hydrogen-bond donors (Lipinski definition) is 2. The molecule has 0 fully saturated rings. The highest BCUT2D eigenvalue weighted by Gasteiger charge is 2.11. The lowest BCUT2D eigenvalue weighted by atomic mass is 10.1. The van der Waals surface area contributed by atoms with Crippen LogP contribution < -0.4 is 5.32 Å². The molecule has 0 saturated carbocycles. The maximum atomic E-state index is 11.9. The number of aliphatic hydroxyl groups is 1. The number of hydrogen-bond acceptors (Lipinski definition) is 3. The Morgan fingerprint density at radius 3 is 2.89 bits per heavy atom. The standard InChI is InChI=1S/C14H21NO2S/c1-11-4-3-5-12(8-11)9-14(17)15-13(6-7-16)10-18-2/h3-5,8,13,16H,6-7,9-10H2,1-2H3,(H,15,17). The van der Waals surface area contributed by atoms with E-state index < -0.39 is 0 Å². The van der Waals surface area contributed by atoms with Gasteiger partial charge in [0.15, 0.2) is 0 Å². The van der Waals surface area contributed by atoms with Crippen molar-refractivity contribution in [1.29, 1.82) is 0 Å². The Kier molecular flexibility index (Phi) is 6.83. The number of amides is 1. The van der Waals surface area contributed by atoms with Crippen molar-refractivity contribution in [2.75, 3.05) is 18.6 Å². The van der Waals surface area contributed by atoms with Gasteiger partial charge in [-0.1, -0.05) is 29.8 Å². The molecule has 1 aromatic rings. The van der Waals surface area contributed by atoms with Crippen LogP contribution in [0.2, 0.25) is 0 Å². The van der Waals surface area contributed by atoms with E-state index in [0.29, 0.717) is 12.8 Å². The molecule has 1 amide bonds. The molecule has 1 rings (SSSR count). The average molecular weight is 267 g/mol. The predicted octanol–water partition coefficient (Wildman–Crippen LogP) is 1.77. The molecule has 1 atom stereocenters. The van der Waals surface area contributed by atoms with E-state index in [0.717, 1.165) is 16.9 Å². The molecule has 0 spiro atoms. The van der Waals surface area contributed by atoms with E-state index in [4.69, 9.17) is 5.11 Å². The number of aryl methyl sites for hydroxylation is 1. The number of aliphatic hydroxyl groups excluding tert-OH is 1. The third-order valence-electron chi connectivity index (χ3n) is 2.66. The lowest BCUT2D eigenvalue weighted by Gasteiger charge is -2.16. The molecule has 0 aliphatic heterocycles. The first kappa shape index (κ1) is 15.1. The predicted molar refractivity (Wildman–Crippen MR) is 76.9 cm³/mol. The summed E-state index contributed by atoms with van der Waals surface area (Å²) < 4.78 is 0. The van der Waals surface area contributed by atoms with Crippen molar-refractivity contribution in [2.24, 2.45) is 0 Å². The first-order chi connectivity index (χ1) is 8.65. The summed E-state index contributed by atoms with van der Waals surface area (Å²) in [4.78, 5) is 11.9. The minimum atomic E-state index is 0.0214. The minimum absolute atomic E-state index is 0.0214. The van der Waals surface area contributed by atoms with Crippen molar-refractivity contribution in [3.05, 3.63) is 35.4 Å². The van der Waals surface area contributed by atoms with Crippen LogP contribution in [0.5, 0.6) is 0 Å². The Morgan fingerprint density at radius 1 is 1.50 bits per heavy atom. The fraction of sp³-hybridized carbons (Fsp3) is 0.500. The Balaban J connectivity index is 2.49. The van der Waals surface area contributed by atoms with Gasteiger partial charge in [0, 0.05) is 18.4 Å². The van der Waals surface area contributed by atoms with Gasteiger partial charge in [-0.15, -0.1) is 0 Å². The van der Waals surface area contributed by atoms with Gasteiger partial charge < -0.3 is 10.4 Å². The molecule has 0 heterocycles. The lowest BCUT2D eigenvalue weighted by molar-refractivity contribution is -0.121. The topological polar surface area (TPSA) is 49.3 Å². The van der Waals surface area contributed by atoms with Gasteiger partial charge in [-0.25, -0.2) is 0 Å². The molecule has 0 bridgehead atoms. The fourth-order valence-corrected chi connectivity index (χ4v) is 2.49. The zero-order valence-electron chi connectivity index (χ0n) is 11.0. The highest BCUT2D eigenvalue weighted by molar-refractivity contribution is 7.98. The van der Waals surface area contributed by atoms with E-state index in [2.05, 4.69) is 5.32 Å². The molecule has 1 aromatic carbocycles. The lowest BCUT2D eigenvalue weighted by Crippen LogP contribution is -2.38. The number of rotatable bonds is 7. The summed E-state index contributed by atoms with van der Waals surface area (Å²) in [7, 11) is 0. The SMILES string of the molecule is CSCC(CCO)NC(=O)Cc1cccc(C)c1. The minimum Gasteiger partial charge on any atom is -0.396 e. The highest BCUT2D eigenvalue weighted by Crippen LogP contribution is 2.06. The maximum Gasteiger partial charge on any atom is 0.224 e. The summed E-state index contributed by atoms with van der Waals surface area (Å²) in [6.07, 6.45) is 3.01. The smallest absolute Gasteiger partial charge is 0.224 e. The Bertz CT molecular complexity index is 376. The van der Waals surface area contributed by atoms with Crippen molar-refractivity contribution in [3.63, 3.8) is 0 Å². The number of carbonyl (C=O) groups is 1. The van der Waals surface area contributed by atoms with Gasteiger partial charge >= 0.3 is 0 Å². The third kappa shape index (κ3) is 5.56. The summed E-state index contributed by atoms with van der Waals surface area (Å²) in [6.45, 7) is 2.12. The second-order valence-electron chi connectivity index (χ2n) is 4.40. The van der Waals surface area contributed by atoms with Gasteiger partial charge in [-0.05, 0) is 25.2 Å². The second-order valence-corrected chi connectivity index (χ2v) is 5.31. The normalized spacial score (nSPS) is 12.2. The molecular formula is C14H21NO2S. The summed E-state index contributed by atoms with van der Waals surface area (Å²) >= 11 is 1.67. The van der Waals surface area contributed by atoms with E-state index in [9.17, 15) is 4.79 Å². The first-order valence-electron chi connectivity index (χ1n) is 6.10. The molecular weight excluding hydrogens is 246 g/mol. The van der Waals surface area contributed by atoms with E-state index in [1.165, 1.54) is 0 Å². The quantitative estimate of drug-likeness (QED) is 0.791. The van der Waals surface area contributed by atoms with Crippen LogP contribution in [0.25, 0.3) is 0 Å². The monoisotopic (exact) mass is 267 g/mol. The van der Waals surface area contributed by atoms with Gasteiger partial charge in [0.25, 0.3) is 0 Å². The van der Waals surface area contributed by atoms with Crippen LogP contribution in [0.3, 0.4) is 0 Å². The van der Waals surface area contributed by atoms with Gasteiger partial charge in [0.1, 0.15) is 0 Å². The fourth-order valence-electron chi connectivity index (χ4n) is 1.84. The largest absolute Gasteiger partial charge is 0.396 e. The molecule has 18 heavy (non-hydrogen) atoms. The van der Waals surface area contributed by atoms with Gasteiger partial charge in [0.05, 0.1) is 6.42 Å². The van der Waals surface area contributed by atoms with E-state index >= 15 is 0 Å². The molecule has 4 heteroatoms. The molecule has 2 N–H and O–H groups in total. The molecule has 0 saturated heterocycles. The molecule has 1 unspecified atom stereocenters.